The Labute approximate surface area is 271 Å². The Balaban J connectivity index is 1.41. The molecule has 2 aromatic carbocycles. The van der Waals surface area contributed by atoms with Crippen molar-refractivity contribution in [1.29, 1.82) is 0 Å². The molecule has 0 aromatic heterocycles. The number of carbonyl (C=O) groups is 3. The first-order chi connectivity index (χ1) is 22.0. The van der Waals surface area contributed by atoms with E-state index in [0.29, 0.717) is 33.6 Å². The third-order valence-corrected chi connectivity index (χ3v) is 12.0. The van der Waals surface area contributed by atoms with Gasteiger partial charge in [0.2, 0.25) is 5.78 Å². The van der Waals surface area contributed by atoms with Crippen molar-refractivity contribution in [2.75, 3.05) is 14.1 Å². The Morgan fingerprint density at radius 2 is 1.70 bits per heavy atom. The SMILES string of the molecule is CC1=CCC(C)=C1S(=O)(=O)Cc1ccc(-c2ccc(O)c3c2C[C@@H]2C[C@@H]4C(N(C)C)C(=O)C(C(N)=O)=C(O)[C@]4(O)C(=O)C2=C3O)cc1. The first-order valence-electron chi connectivity index (χ1n) is 15.2. The summed E-state index contributed by atoms with van der Waals surface area (Å²) in [5.74, 6) is -7.30. The van der Waals surface area contributed by atoms with Gasteiger partial charge < -0.3 is 26.2 Å². The Morgan fingerprint density at radius 1 is 1.04 bits per heavy atom. The number of fused-ring (bicyclic) bond motifs is 3. The Hall–Kier alpha value is -4.52. The summed E-state index contributed by atoms with van der Waals surface area (Å²) in [6.45, 7) is 3.61. The lowest BCUT2D eigenvalue weighted by Gasteiger charge is -2.50. The van der Waals surface area contributed by atoms with Gasteiger partial charge in [0, 0.05) is 11.5 Å². The number of sulfone groups is 1. The minimum Gasteiger partial charge on any atom is -0.508 e. The van der Waals surface area contributed by atoms with Crippen molar-refractivity contribution >= 4 is 33.1 Å². The van der Waals surface area contributed by atoms with Gasteiger partial charge in [-0.05, 0) is 87.0 Å². The summed E-state index contributed by atoms with van der Waals surface area (Å²) < 4.78 is 26.4. The molecule has 4 atom stereocenters. The summed E-state index contributed by atoms with van der Waals surface area (Å²) in [5.41, 5.74) is 5.52. The van der Waals surface area contributed by atoms with Crippen molar-refractivity contribution in [2.24, 2.45) is 17.6 Å². The van der Waals surface area contributed by atoms with Gasteiger partial charge in [0.1, 0.15) is 22.8 Å². The van der Waals surface area contributed by atoms with Crippen molar-refractivity contribution in [3.8, 4) is 16.9 Å². The van der Waals surface area contributed by atoms with E-state index in [4.69, 9.17) is 5.73 Å². The van der Waals surface area contributed by atoms with E-state index >= 15 is 0 Å². The van der Waals surface area contributed by atoms with E-state index in [-0.39, 0.29) is 35.5 Å². The van der Waals surface area contributed by atoms with Crippen LogP contribution in [0.3, 0.4) is 0 Å². The van der Waals surface area contributed by atoms with Crippen molar-refractivity contribution in [3.63, 3.8) is 0 Å². The average Bonchev–Trinajstić information content (AvgIpc) is 3.33. The van der Waals surface area contributed by atoms with E-state index in [1.807, 2.05) is 13.0 Å². The van der Waals surface area contributed by atoms with E-state index in [0.717, 1.165) is 11.1 Å². The molecule has 246 valence electrons. The quantitative estimate of drug-likeness (QED) is 0.287. The van der Waals surface area contributed by atoms with Crippen molar-refractivity contribution in [2.45, 2.75) is 50.5 Å². The predicted octanol–water partition coefficient (Wildman–Crippen LogP) is 3.17. The molecule has 1 unspecified atom stereocenters. The van der Waals surface area contributed by atoms with E-state index < -0.39 is 67.9 Å². The molecule has 0 bridgehead atoms. The second-order valence-electron chi connectivity index (χ2n) is 13.1. The molecule has 0 aliphatic heterocycles. The second-order valence-corrected chi connectivity index (χ2v) is 15.0. The number of nitrogens with zero attached hydrogens (tertiary/aromatic N) is 1. The predicted molar refractivity (Wildman–Crippen MR) is 173 cm³/mol. The third-order valence-electron chi connectivity index (χ3n) is 10.00. The number of Topliss-reactive ketones (excluding diaryl/α,β-unsaturated/α-hetero) is 2. The molecule has 0 spiro atoms. The molecule has 6 N–H and O–H groups in total. The van der Waals surface area contributed by atoms with Crippen molar-refractivity contribution in [1.82, 2.24) is 4.90 Å². The standard InChI is InChI=1S/C35H36N2O9S/c1-16-5-6-17(2)31(16)47(45,46)15-18-7-9-19(10-8-18)21-11-12-24(38)26-22(21)13-20-14-23-28(37(3)4)30(40)27(34(36)43)33(42)35(23,44)32(41)25(20)29(26)39/h5,7-12,20,23,28,38-39,42,44H,6,13-15H2,1-4H3,(H2,36,43)/t20-,23-,28?,35-/m1/s1. The first-order valence-corrected chi connectivity index (χ1v) is 16.8. The molecule has 4 aliphatic rings. The van der Waals surface area contributed by atoms with Crippen LogP contribution in [0.5, 0.6) is 5.75 Å². The molecule has 0 radical (unpaired) electrons. The Bertz CT molecular complexity index is 2020. The van der Waals surface area contributed by atoms with E-state index in [1.165, 1.54) is 11.0 Å². The lowest BCUT2D eigenvalue weighted by atomic mass is 9.57. The van der Waals surface area contributed by atoms with E-state index in [1.54, 1.807) is 51.4 Å². The molecule has 12 heteroatoms. The van der Waals surface area contributed by atoms with Gasteiger partial charge in [-0.25, -0.2) is 8.42 Å². The molecule has 1 fully saturated rings. The van der Waals surface area contributed by atoms with Crippen LogP contribution in [0.15, 0.2) is 75.4 Å². The summed E-state index contributed by atoms with van der Waals surface area (Å²) in [6, 6.07) is 8.79. The van der Waals surface area contributed by atoms with Gasteiger partial charge >= 0.3 is 0 Å². The fraction of sp³-hybridized carbons (Fsp3) is 0.343. The summed E-state index contributed by atoms with van der Waals surface area (Å²) in [7, 11) is -0.476. The van der Waals surface area contributed by atoms with Crippen LogP contribution < -0.4 is 5.73 Å². The molecule has 0 heterocycles. The van der Waals surface area contributed by atoms with Gasteiger partial charge in [0.05, 0.1) is 22.3 Å². The number of ketones is 2. The number of hydrogen-bond acceptors (Lipinski definition) is 10. The fourth-order valence-electron chi connectivity index (χ4n) is 7.93. The number of amides is 1. The van der Waals surface area contributed by atoms with Crippen LogP contribution >= 0.6 is 0 Å². The normalized spacial score (nSPS) is 26.0. The van der Waals surface area contributed by atoms with Gasteiger partial charge in [-0.15, -0.1) is 0 Å². The third kappa shape index (κ3) is 4.77. The molecule has 0 saturated heterocycles. The summed E-state index contributed by atoms with van der Waals surface area (Å²) in [4.78, 5) is 41.4. The molecular formula is C35H36N2O9S. The van der Waals surface area contributed by atoms with E-state index in [9.17, 15) is 43.2 Å². The minimum absolute atomic E-state index is 0.0173. The number of phenols is 1. The van der Waals surface area contributed by atoms with Crippen LogP contribution in [0, 0.1) is 11.8 Å². The number of carbonyl (C=O) groups excluding carboxylic acids is 3. The van der Waals surface area contributed by atoms with Crippen LogP contribution in [-0.4, -0.2) is 77.0 Å². The number of likely N-dealkylation sites (N-methyl/N-ethyl adjacent to an activating group) is 1. The number of primary amides is 1. The summed E-state index contributed by atoms with van der Waals surface area (Å²) in [5, 5.41) is 45.2. The number of aromatic hydroxyl groups is 1. The number of nitrogens with two attached hydrogens (primary N) is 1. The smallest absolute Gasteiger partial charge is 0.255 e. The number of aliphatic hydroxyl groups excluding tert-OH is 2. The average molecular weight is 661 g/mol. The number of benzene rings is 2. The highest BCUT2D eigenvalue weighted by Crippen LogP contribution is 2.53. The number of rotatable bonds is 6. The Kier molecular flexibility index (Phi) is 7.61. The lowest BCUT2D eigenvalue weighted by molar-refractivity contribution is -0.153. The number of allylic oxidation sites excluding steroid dienone is 3. The Morgan fingerprint density at radius 3 is 2.28 bits per heavy atom. The monoisotopic (exact) mass is 660 g/mol. The minimum atomic E-state index is -3.56. The van der Waals surface area contributed by atoms with Crippen molar-refractivity contribution < 1.29 is 43.2 Å². The van der Waals surface area contributed by atoms with E-state index in [2.05, 4.69) is 0 Å². The summed E-state index contributed by atoms with van der Waals surface area (Å²) in [6.07, 6.45) is 2.62. The zero-order valence-corrected chi connectivity index (χ0v) is 27.2. The van der Waals surface area contributed by atoms with Crippen molar-refractivity contribution in [3.05, 3.63) is 92.1 Å². The van der Waals surface area contributed by atoms with Crippen LogP contribution in [-0.2, 0) is 36.4 Å². The van der Waals surface area contributed by atoms with Crippen LogP contribution in [0.2, 0.25) is 0 Å². The highest BCUT2D eigenvalue weighted by atomic mass is 32.2. The zero-order chi connectivity index (χ0) is 34.3. The van der Waals surface area contributed by atoms with Gasteiger partial charge in [-0.2, -0.15) is 0 Å². The number of hydrogen-bond donors (Lipinski definition) is 5. The molecule has 1 amide bonds. The van der Waals surface area contributed by atoms with Crippen LogP contribution in [0.4, 0.5) is 0 Å². The number of aliphatic hydroxyl groups is 3. The molecular weight excluding hydrogens is 624 g/mol. The second kappa shape index (κ2) is 11.0. The summed E-state index contributed by atoms with van der Waals surface area (Å²) >= 11 is 0. The molecule has 47 heavy (non-hydrogen) atoms. The topological polar surface area (TPSA) is 196 Å². The molecule has 1 saturated carbocycles. The molecule has 2 aromatic rings. The molecule has 11 nitrogen and oxygen atoms in total. The first kappa shape index (κ1) is 32.4. The van der Waals surface area contributed by atoms with Gasteiger partial charge in [-0.1, -0.05) is 42.0 Å². The van der Waals surface area contributed by atoms with Crippen LogP contribution in [0.25, 0.3) is 16.9 Å². The molecule has 4 aliphatic carbocycles. The molecule has 6 rings (SSSR count). The maximum absolute atomic E-state index is 14.1. The zero-order valence-electron chi connectivity index (χ0n) is 26.4. The highest BCUT2D eigenvalue weighted by Gasteiger charge is 2.64. The van der Waals surface area contributed by atoms with Gasteiger partial charge in [0.15, 0.2) is 21.2 Å². The van der Waals surface area contributed by atoms with Crippen LogP contribution in [0.1, 0.15) is 43.4 Å². The van der Waals surface area contributed by atoms with Gasteiger partial charge in [-0.3, -0.25) is 19.3 Å². The number of phenolic OH excluding ortho intramolecular Hbond substituents is 1. The largest absolute Gasteiger partial charge is 0.508 e. The maximum Gasteiger partial charge on any atom is 0.255 e. The maximum atomic E-state index is 14.1. The lowest BCUT2D eigenvalue weighted by Crippen LogP contribution is -2.65. The van der Waals surface area contributed by atoms with Gasteiger partial charge in [0.25, 0.3) is 5.91 Å². The fourth-order valence-corrected chi connectivity index (χ4v) is 9.89. The highest BCUT2D eigenvalue weighted by molar-refractivity contribution is 7.94.